The molecule has 1 unspecified atom stereocenters. The SMILES string of the molecule is CC(NC(=O)Cn1c(-c2cccs2)cc2cc(Cl)ccc21)c1ccccc1. The van der Waals surface area contributed by atoms with Gasteiger partial charge in [-0.2, -0.15) is 0 Å². The third kappa shape index (κ3) is 3.77. The maximum Gasteiger partial charge on any atom is 0.240 e. The molecule has 0 fully saturated rings. The summed E-state index contributed by atoms with van der Waals surface area (Å²) in [5, 5.41) is 6.88. The Bertz CT molecular complexity index is 1070. The van der Waals surface area contributed by atoms with Crippen LogP contribution in [0.4, 0.5) is 0 Å². The Morgan fingerprint density at radius 2 is 1.93 bits per heavy atom. The third-order valence-electron chi connectivity index (χ3n) is 4.62. The molecule has 0 radical (unpaired) electrons. The number of carbonyl (C=O) groups excluding carboxylic acids is 1. The molecule has 0 bridgehead atoms. The maximum absolute atomic E-state index is 12.8. The number of nitrogens with zero attached hydrogens (tertiary/aromatic N) is 1. The fourth-order valence-corrected chi connectivity index (χ4v) is 4.23. The van der Waals surface area contributed by atoms with Crippen molar-refractivity contribution >= 4 is 39.7 Å². The molecule has 2 heterocycles. The zero-order valence-corrected chi connectivity index (χ0v) is 16.4. The number of hydrogen-bond donors (Lipinski definition) is 1. The van der Waals surface area contributed by atoms with Gasteiger partial charge in [0.1, 0.15) is 6.54 Å². The molecule has 0 saturated heterocycles. The molecular weight excluding hydrogens is 376 g/mol. The van der Waals surface area contributed by atoms with E-state index < -0.39 is 0 Å². The lowest BCUT2D eigenvalue weighted by Gasteiger charge is -2.16. The predicted octanol–water partition coefficient (Wildman–Crippen LogP) is 5.90. The number of halogens is 1. The van der Waals surface area contributed by atoms with Crippen molar-refractivity contribution < 1.29 is 4.79 Å². The van der Waals surface area contributed by atoms with Gasteiger partial charge in [0.15, 0.2) is 0 Å². The minimum atomic E-state index is -0.0415. The summed E-state index contributed by atoms with van der Waals surface area (Å²) in [6.45, 7) is 2.26. The van der Waals surface area contributed by atoms with Gasteiger partial charge in [0.05, 0.1) is 16.6 Å². The van der Waals surface area contributed by atoms with Gasteiger partial charge in [-0.05, 0) is 48.2 Å². The molecule has 0 aliphatic heterocycles. The van der Waals surface area contributed by atoms with Crippen LogP contribution in [-0.2, 0) is 11.3 Å². The van der Waals surface area contributed by atoms with E-state index in [1.807, 2.05) is 66.9 Å². The van der Waals surface area contributed by atoms with E-state index in [-0.39, 0.29) is 18.5 Å². The van der Waals surface area contributed by atoms with Crippen LogP contribution in [0, 0.1) is 0 Å². The highest BCUT2D eigenvalue weighted by molar-refractivity contribution is 7.13. The molecule has 0 aliphatic rings. The summed E-state index contributed by atoms with van der Waals surface area (Å²) in [5.41, 5.74) is 3.13. The minimum Gasteiger partial charge on any atom is -0.348 e. The van der Waals surface area contributed by atoms with E-state index in [1.54, 1.807) is 11.3 Å². The largest absolute Gasteiger partial charge is 0.348 e. The van der Waals surface area contributed by atoms with Gasteiger partial charge in [-0.3, -0.25) is 4.79 Å². The van der Waals surface area contributed by atoms with E-state index in [4.69, 9.17) is 11.6 Å². The van der Waals surface area contributed by atoms with Crippen molar-refractivity contribution in [2.75, 3.05) is 0 Å². The lowest BCUT2D eigenvalue weighted by Crippen LogP contribution is -2.30. The minimum absolute atomic E-state index is 0.0170. The average Bonchev–Trinajstić information content (AvgIpc) is 3.30. The first-order chi connectivity index (χ1) is 13.1. The third-order valence-corrected chi connectivity index (χ3v) is 5.74. The summed E-state index contributed by atoms with van der Waals surface area (Å²) < 4.78 is 2.06. The highest BCUT2D eigenvalue weighted by atomic mass is 35.5. The number of carbonyl (C=O) groups is 1. The van der Waals surface area contributed by atoms with Gasteiger partial charge in [-0.25, -0.2) is 0 Å². The Morgan fingerprint density at radius 3 is 2.67 bits per heavy atom. The number of benzene rings is 2. The van der Waals surface area contributed by atoms with Crippen molar-refractivity contribution in [3.8, 4) is 10.6 Å². The topological polar surface area (TPSA) is 34.0 Å². The van der Waals surface area contributed by atoms with Gasteiger partial charge < -0.3 is 9.88 Å². The zero-order valence-electron chi connectivity index (χ0n) is 14.9. The molecule has 1 atom stereocenters. The van der Waals surface area contributed by atoms with E-state index in [2.05, 4.69) is 22.0 Å². The molecule has 3 nitrogen and oxygen atoms in total. The standard InChI is InChI=1S/C22H19ClN2OS/c1-15(16-6-3-2-4-7-16)24-22(26)14-25-19-10-9-18(23)12-17(19)13-20(25)21-8-5-11-27-21/h2-13,15H,14H2,1H3,(H,24,26). The van der Waals surface area contributed by atoms with Gasteiger partial charge in [0.25, 0.3) is 0 Å². The molecule has 4 rings (SSSR count). The number of hydrogen-bond acceptors (Lipinski definition) is 2. The molecule has 27 heavy (non-hydrogen) atoms. The van der Waals surface area contributed by atoms with Crippen molar-refractivity contribution in [3.05, 3.63) is 82.7 Å². The van der Waals surface area contributed by atoms with Crippen molar-refractivity contribution in [2.45, 2.75) is 19.5 Å². The second kappa shape index (κ2) is 7.59. The molecule has 1 N–H and O–H groups in total. The number of aromatic nitrogens is 1. The average molecular weight is 395 g/mol. The number of nitrogens with one attached hydrogen (secondary N) is 1. The number of thiophene rings is 1. The van der Waals surface area contributed by atoms with Crippen LogP contribution in [0.25, 0.3) is 21.5 Å². The van der Waals surface area contributed by atoms with E-state index in [1.165, 1.54) is 0 Å². The predicted molar refractivity (Wildman–Crippen MR) is 113 cm³/mol. The van der Waals surface area contributed by atoms with Crippen LogP contribution in [0.15, 0.2) is 72.1 Å². The van der Waals surface area contributed by atoms with E-state index >= 15 is 0 Å². The van der Waals surface area contributed by atoms with Gasteiger partial charge in [-0.1, -0.05) is 48.0 Å². The van der Waals surface area contributed by atoms with Crippen LogP contribution >= 0.6 is 22.9 Å². The second-order valence-corrected chi connectivity index (χ2v) is 7.88. The quantitative estimate of drug-likeness (QED) is 0.449. The summed E-state index contributed by atoms with van der Waals surface area (Å²) in [5.74, 6) is -0.0170. The number of fused-ring (bicyclic) bond motifs is 1. The van der Waals surface area contributed by atoms with Gasteiger partial charge >= 0.3 is 0 Å². The van der Waals surface area contributed by atoms with E-state index in [0.29, 0.717) is 5.02 Å². The molecule has 4 aromatic rings. The highest BCUT2D eigenvalue weighted by Gasteiger charge is 2.16. The highest BCUT2D eigenvalue weighted by Crippen LogP contribution is 2.32. The summed E-state index contributed by atoms with van der Waals surface area (Å²) >= 11 is 7.82. The molecule has 5 heteroatoms. The first-order valence-corrected chi connectivity index (χ1v) is 10.0. The lowest BCUT2D eigenvalue weighted by atomic mass is 10.1. The summed E-state index contributed by atoms with van der Waals surface area (Å²) in [7, 11) is 0. The molecule has 2 aromatic carbocycles. The van der Waals surface area contributed by atoms with Crippen LogP contribution in [0.3, 0.4) is 0 Å². The fraction of sp³-hybridized carbons (Fsp3) is 0.136. The molecule has 0 aliphatic carbocycles. The second-order valence-electron chi connectivity index (χ2n) is 6.50. The van der Waals surface area contributed by atoms with Crippen LogP contribution < -0.4 is 5.32 Å². The van der Waals surface area contributed by atoms with Gasteiger partial charge in [0.2, 0.25) is 5.91 Å². The first-order valence-electron chi connectivity index (χ1n) is 8.79. The monoisotopic (exact) mass is 394 g/mol. The van der Waals surface area contributed by atoms with Crippen molar-refractivity contribution in [1.29, 1.82) is 0 Å². The van der Waals surface area contributed by atoms with Crippen LogP contribution in [0.1, 0.15) is 18.5 Å². The van der Waals surface area contributed by atoms with Crippen molar-refractivity contribution in [1.82, 2.24) is 9.88 Å². The molecular formula is C22H19ClN2OS. The first kappa shape index (κ1) is 17.8. The Balaban J connectivity index is 1.64. The molecule has 0 saturated carbocycles. The molecule has 1 amide bonds. The smallest absolute Gasteiger partial charge is 0.240 e. The van der Waals surface area contributed by atoms with Gasteiger partial charge in [0, 0.05) is 15.9 Å². The Kier molecular flexibility index (Phi) is 5.01. The van der Waals surface area contributed by atoms with Crippen LogP contribution in [0.2, 0.25) is 5.02 Å². The fourth-order valence-electron chi connectivity index (χ4n) is 3.30. The molecule has 0 spiro atoms. The van der Waals surface area contributed by atoms with Crippen molar-refractivity contribution in [3.63, 3.8) is 0 Å². The summed E-state index contributed by atoms with van der Waals surface area (Å²) in [6, 6.07) is 21.9. The lowest BCUT2D eigenvalue weighted by molar-refractivity contribution is -0.122. The van der Waals surface area contributed by atoms with E-state index in [9.17, 15) is 4.79 Å². The number of rotatable bonds is 5. The van der Waals surface area contributed by atoms with Crippen molar-refractivity contribution in [2.24, 2.45) is 0 Å². The van der Waals surface area contributed by atoms with Gasteiger partial charge in [-0.15, -0.1) is 11.3 Å². The van der Waals surface area contributed by atoms with Crippen LogP contribution in [-0.4, -0.2) is 10.5 Å². The number of amides is 1. The zero-order chi connectivity index (χ0) is 18.8. The summed E-state index contributed by atoms with van der Waals surface area (Å²) in [6.07, 6.45) is 0. The van der Waals surface area contributed by atoms with Crippen LogP contribution in [0.5, 0.6) is 0 Å². The normalized spacial score (nSPS) is 12.2. The summed E-state index contributed by atoms with van der Waals surface area (Å²) in [4.78, 5) is 13.9. The molecule has 136 valence electrons. The maximum atomic E-state index is 12.8. The Hall–Kier alpha value is -2.56. The molecule has 2 aromatic heterocycles. The Morgan fingerprint density at radius 1 is 1.11 bits per heavy atom. The van der Waals surface area contributed by atoms with E-state index in [0.717, 1.165) is 27.0 Å². The Labute approximate surface area is 167 Å².